The largest absolute Gasteiger partial charge is 0.465 e. The molecule has 1 aromatic heterocycles. The predicted octanol–water partition coefficient (Wildman–Crippen LogP) is 5.64. The number of rotatable bonds is 4. The summed E-state index contributed by atoms with van der Waals surface area (Å²) in [6, 6.07) is 12.0. The first kappa shape index (κ1) is 23.2. The molecule has 8 heteroatoms. The molecule has 0 fully saturated rings. The fourth-order valence-electron chi connectivity index (χ4n) is 4.89. The van der Waals surface area contributed by atoms with Crippen molar-refractivity contribution in [3.05, 3.63) is 88.1 Å². The number of hydrogen-bond donors (Lipinski definition) is 2. The van der Waals surface area contributed by atoms with Crippen molar-refractivity contribution >= 4 is 40.2 Å². The van der Waals surface area contributed by atoms with E-state index >= 15 is 0 Å². The molecule has 180 valence electrons. The first-order valence-electron chi connectivity index (χ1n) is 11.5. The first-order valence-corrected chi connectivity index (χ1v) is 11.8. The molecule has 5 rings (SSSR count). The molecule has 3 aromatic rings. The van der Waals surface area contributed by atoms with Crippen molar-refractivity contribution in [1.82, 2.24) is 9.88 Å². The minimum atomic E-state index is -0.505. The van der Waals surface area contributed by atoms with Gasteiger partial charge in [0.1, 0.15) is 0 Å². The average Bonchev–Trinajstić information content (AvgIpc) is 3.25. The van der Waals surface area contributed by atoms with Crippen molar-refractivity contribution < 1.29 is 19.1 Å². The summed E-state index contributed by atoms with van der Waals surface area (Å²) >= 11 is 6.29. The van der Waals surface area contributed by atoms with E-state index in [2.05, 4.69) is 16.4 Å². The molecule has 0 spiro atoms. The third-order valence-electron chi connectivity index (χ3n) is 6.63. The number of nitrogens with one attached hydrogen (secondary N) is 2. The first-order chi connectivity index (χ1) is 17.0. The van der Waals surface area contributed by atoms with Crippen LogP contribution in [-0.4, -0.2) is 48.8 Å². The lowest BCUT2D eigenvalue weighted by molar-refractivity contribution is 0.0602. The molecule has 2 aliphatic rings. The Balaban J connectivity index is 1.54. The smallest absolute Gasteiger partial charge is 0.339 e. The number of esters is 1. The topological polar surface area (TPSA) is 83.7 Å². The van der Waals surface area contributed by atoms with Crippen molar-refractivity contribution in [3.8, 4) is 0 Å². The zero-order valence-corrected chi connectivity index (χ0v) is 20.3. The number of para-hydroxylation sites is 1. The van der Waals surface area contributed by atoms with E-state index in [1.165, 1.54) is 7.11 Å². The van der Waals surface area contributed by atoms with Gasteiger partial charge in [0.2, 0.25) is 0 Å². The van der Waals surface area contributed by atoms with E-state index in [0.29, 0.717) is 29.2 Å². The average molecular weight is 492 g/mol. The number of carbonyl (C=O) groups is 2. The van der Waals surface area contributed by atoms with Gasteiger partial charge < -0.3 is 24.7 Å². The molecule has 2 aromatic carbocycles. The number of ether oxygens (including phenoxy) is 2. The van der Waals surface area contributed by atoms with Crippen LogP contribution < -0.4 is 5.32 Å². The van der Waals surface area contributed by atoms with Crippen LogP contribution in [0.2, 0.25) is 5.02 Å². The number of aromatic nitrogens is 1. The van der Waals surface area contributed by atoms with Crippen LogP contribution in [0.5, 0.6) is 0 Å². The van der Waals surface area contributed by atoms with Gasteiger partial charge in [0.15, 0.2) is 0 Å². The normalized spacial score (nSPS) is 19.3. The highest BCUT2D eigenvalue weighted by molar-refractivity contribution is 6.31. The van der Waals surface area contributed by atoms with Crippen molar-refractivity contribution in [2.24, 2.45) is 0 Å². The molecular weight excluding hydrogens is 466 g/mol. The summed E-state index contributed by atoms with van der Waals surface area (Å²) in [7, 11) is 3.01. The van der Waals surface area contributed by atoms with Gasteiger partial charge in [0, 0.05) is 35.3 Å². The number of hydrogen-bond acceptors (Lipinski definition) is 4. The number of anilines is 1. The molecule has 2 amide bonds. The van der Waals surface area contributed by atoms with E-state index in [4.69, 9.17) is 21.1 Å². The number of aromatic amines is 1. The Hall–Kier alpha value is -3.55. The van der Waals surface area contributed by atoms with E-state index < -0.39 is 5.97 Å². The number of nitrogens with zero attached hydrogens (tertiary/aromatic N) is 1. The molecule has 1 aliphatic carbocycles. The molecule has 2 atom stereocenters. The zero-order chi connectivity index (χ0) is 24.5. The zero-order valence-electron chi connectivity index (χ0n) is 19.5. The summed E-state index contributed by atoms with van der Waals surface area (Å²) in [5, 5.41) is 4.68. The summed E-state index contributed by atoms with van der Waals surface area (Å²) in [6.07, 6.45) is 7.58. The Bertz CT molecular complexity index is 1360. The molecule has 0 saturated heterocycles. The minimum Gasteiger partial charge on any atom is -0.465 e. The summed E-state index contributed by atoms with van der Waals surface area (Å²) < 4.78 is 10.3. The second kappa shape index (κ2) is 9.60. The van der Waals surface area contributed by atoms with Crippen LogP contribution in [0.3, 0.4) is 0 Å². The molecule has 7 nitrogen and oxygen atoms in total. The number of amides is 2. The lowest BCUT2D eigenvalue weighted by Crippen LogP contribution is -2.43. The second-order valence-corrected chi connectivity index (χ2v) is 9.03. The fraction of sp³-hybridized carbons (Fsp3) is 0.259. The Kier molecular flexibility index (Phi) is 6.36. The van der Waals surface area contributed by atoms with Gasteiger partial charge in [0.05, 0.1) is 30.5 Å². The third-order valence-corrected chi connectivity index (χ3v) is 6.87. The Morgan fingerprint density at radius 2 is 2.00 bits per heavy atom. The van der Waals surface area contributed by atoms with Crippen LogP contribution in [0, 0.1) is 0 Å². The molecule has 2 heterocycles. The van der Waals surface area contributed by atoms with Gasteiger partial charge >= 0.3 is 12.0 Å². The predicted molar refractivity (Wildman–Crippen MR) is 136 cm³/mol. The van der Waals surface area contributed by atoms with E-state index in [0.717, 1.165) is 34.2 Å². The maximum absolute atomic E-state index is 13.6. The molecule has 2 N–H and O–H groups in total. The maximum Gasteiger partial charge on any atom is 0.339 e. The Morgan fingerprint density at radius 1 is 1.17 bits per heavy atom. The van der Waals surface area contributed by atoms with Crippen LogP contribution in [-0.2, 0) is 15.9 Å². The molecule has 0 saturated carbocycles. The van der Waals surface area contributed by atoms with Crippen molar-refractivity contribution in [3.63, 3.8) is 0 Å². The van der Waals surface area contributed by atoms with Crippen LogP contribution in [0.15, 0.2) is 66.3 Å². The minimum absolute atomic E-state index is 0.0116. The maximum atomic E-state index is 13.6. The van der Waals surface area contributed by atoms with E-state index in [9.17, 15) is 9.59 Å². The van der Waals surface area contributed by atoms with E-state index in [1.54, 1.807) is 36.3 Å². The lowest BCUT2D eigenvalue weighted by Gasteiger charge is -2.37. The van der Waals surface area contributed by atoms with Gasteiger partial charge in [-0.3, -0.25) is 0 Å². The van der Waals surface area contributed by atoms with Crippen molar-refractivity contribution in [2.75, 3.05) is 26.1 Å². The number of H-pyrrole nitrogens is 1. The van der Waals surface area contributed by atoms with Gasteiger partial charge in [-0.05, 0) is 54.3 Å². The molecule has 2 unspecified atom stereocenters. The summed E-state index contributed by atoms with van der Waals surface area (Å²) in [5.74, 6) is -0.505. The van der Waals surface area contributed by atoms with Crippen molar-refractivity contribution in [2.45, 2.75) is 25.0 Å². The van der Waals surface area contributed by atoms with Crippen LogP contribution >= 0.6 is 11.6 Å². The fourth-order valence-corrected chi connectivity index (χ4v) is 5.06. The number of benzene rings is 2. The highest BCUT2D eigenvalue weighted by atomic mass is 35.5. The van der Waals surface area contributed by atoms with Gasteiger partial charge in [0.25, 0.3) is 0 Å². The quantitative estimate of drug-likeness (QED) is 0.462. The van der Waals surface area contributed by atoms with Gasteiger partial charge in [-0.25, -0.2) is 9.59 Å². The molecular formula is C27H26ClN3O4. The Morgan fingerprint density at radius 3 is 2.74 bits per heavy atom. The lowest BCUT2D eigenvalue weighted by atomic mass is 9.89. The summed E-state index contributed by atoms with van der Waals surface area (Å²) in [5.41, 5.74) is 4.83. The van der Waals surface area contributed by atoms with Crippen molar-refractivity contribution in [1.29, 1.82) is 0 Å². The van der Waals surface area contributed by atoms with E-state index in [-0.39, 0.29) is 18.2 Å². The van der Waals surface area contributed by atoms with Crippen LogP contribution in [0.4, 0.5) is 10.5 Å². The van der Waals surface area contributed by atoms with Gasteiger partial charge in [-0.1, -0.05) is 42.0 Å². The SMILES string of the molecule is COC(=O)c1ccccc1NC(=O)N1CCc2c([nH]c3ccc(Cl)cc23)C1C1=CCC(OC)C=C1. The Labute approximate surface area is 208 Å². The highest BCUT2D eigenvalue weighted by Gasteiger charge is 2.36. The second-order valence-electron chi connectivity index (χ2n) is 8.59. The summed E-state index contributed by atoms with van der Waals surface area (Å²) in [4.78, 5) is 31.2. The highest BCUT2D eigenvalue weighted by Crippen LogP contribution is 2.41. The molecule has 0 bridgehead atoms. The molecule has 35 heavy (non-hydrogen) atoms. The number of carbonyl (C=O) groups excluding carboxylic acids is 2. The number of methoxy groups -OCH3 is 2. The standard InChI is InChI=1S/C27H26ClN3O4/c1-34-18-10-7-16(8-11-18)25-24-19(21-15-17(28)9-12-23(21)29-24)13-14-31(25)27(33)30-22-6-4-3-5-20(22)26(32)35-2/h3-10,12,15,18,25,29H,11,13-14H2,1-2H3,(H,30,33). The molecule has 1 aliphatic heterocycles. The molecule has 0 radical (unpaired) electrons. The van der Waals surface area contributed by atoms with Crippen LogP contribution in [0.25, 0.3) is 10.9 Å². The van der Waals surface area contributed by atoms with Gasteiger partial charge in [-0.15, -0.1) is 0 Å². The van der Waals surface area contributed by atoms with Gasteiger partial charge in [-0.2, -0.15) is 0 Å². The number of fused-ring (bicyclic) bond motifs is 3. The number of urea groups is 1. The van der Waals surface area contributed by atoms with E-state index in [1.807, 2.05) is 30.4 Å². The monoisotopic (exact) mass is 491 g/mol. The number of halogens is 1. The third kappa shape index (κ3) is 4.33. The van der Waals surface area contributed by atoms with Crippen LogP contribution in [0.1, 0.15) is 34.1 Å². The summed E-state index contributed by atoms with van der Waals surface area (Å²) in [6.45, 7) is 0.502.